The Hall–Kier alpha value is -3.11. The first-order valence-corrected chi connectivity index (χ1v) is 12.7. The van der Waals surface area contributed by atoms with Gasteiger partial charge in [0.1, 0.15) is 6.04 Å². The number of benzene rings is 3. The molecule has 0 aliphatic heterocycles. The molecule has 0 spiro atoms. The van der Waals surface area contributed by atoms with Crippen LogP contribution in [0, 0.1) is 13.8 Å². The number of rotatable bonds is 11. The molecule has 1 unspecified atom stereocenters. The van der Waals surface area contributed by atoms with Crippen molar-refractivity contribution in [3.05, 3.63) is 106 Å². The van der Waals surface area contributed by atoms with Crippen LogP contribution in [0.2, 0.25) is 5.02 Å². The van der Waals surface area contributed by atoms with E-state index in [4.69, 9.17) is 11.6 Å². The number of hydrogen-bond donors (Lipinski definition) is 1. The molecule has 4 nitrogen and oxygen atoms in total. The average molecular weight is 491 g/mol. The number of nitrogens with zero attached hydrogens (tertiary/aromatic N) is 1. The van der Waals surface area contributed by atoms with Gasteiger partial charge in [-0.2, -0.15) is 0 Å². The van der Waals surface area contributed by atoms with Crippen LogP contribution >= 0.6 is 11.6 Å². The number of carbonyl (C=O) groups excluding carboxylic acids is 2. The minimum absolute atomic E-state index is 0.0727. The van der Waals surface area contributed by atoms with Gasteiger partial charge in [0.2, 0.25) is 11.8 Å². The van der Waals surface area contributed by atoms with E-state index in [2.05, 4.69) is 18.3 Å². The number of carbonyl (C=O) groups is 2. The third-order valence-electron chi connectivity index (χ3n) is 6.00. The van der Waals surface area contributed by atoms with Gasteiger partial charge in [-0.05, 0) is 49.1 Å². The minimum atomic E-state index is -0.622. The lowest BCUT2D eigenvalue weighted by Crippen LogP contribution is -2.51. The molecule has 0 saturated heterocycles. The standard InChI is InChI=1S/C30H35ClN2O2/c1-4-5-15-32-30(35)28(19-24-9-7-6-8-10-24)33(21-25-11-13-27(31)14-12-25)29(34)20-26-17-22(2)16-23(3)18-26/h6-14,16-18,28H,4-5,15,19-21H2,1-3H3,(H,32,35). The van der Waals surface area contributed by atoms with Gasteiger partial charge >= 0.3 is 0 Å². The van der Waals surface area contributed by atoms with Crippen molar-refractivity contribution >= 4 is 23.4 Å². The highest BCUT2D eigenvalue weighted by atomic mass is 35.5. The highest BCUT2D eigenvalue weighted by molar-refractivity contribution is 6.30. The Labute approximate surface area is 214 Å². The van der Waals surface area contributed by atoms with Gasteiger partial charge in [0, 0.05) is 24.5 Å². The first-order chi connectivity index (χ1) is 16.9. The van der Waals surface area contributed by atoms with Crippen LogP contribution < -0.4 is 5.32 Å². The van der Waals surface area contributed by atoms with Gasteiger partial charge in [0.25, 0.3) is 0 Å². The van der Waals surface area contributed by atoms with E-state index in [1.807, 2.05) is 80.6 Å². The largest absolute Gasteiger partial charge is 0.354 e. The predicted octanol–water partition coefficient (Wildman–Crippen LogP) is 6.06. The van der Waals surface area contributed by atoms with Crippen LogP contribution in [0.4, 0.5) is 0 Å². The van der Waals surface area contributed by atoms with E-state index in [1.165, 1.54) is 0 Å². The highest BCUT2D eigenvalue weighted by Gasteiger charge is 2.30. The monoisotopic (exact) mass is 490 g/mol. The normalized spacial score (nSPS) is 11.7. The molecule has 0 radical (unpaired) electrons. The third-order valence-corrected chi connectivity index (χ3v) is 6.26. The second-order valence-corrected chi connectivity index (χ2v) is 9.61. The van der Waals surface area contributed by atoms with Crippen molar-refractivity contribution in [2.45, 2.75) is 59.0 Å². The molecule has 0 heterocycles. The quantitative estimate of drug-likeness (QED) is 0.332. The van der Waals surface area contributed by atoms with Crippen molar-refractivity contribution in [2.24, 2.45) is 0 Å². The van der Waals surface area contributed by atoms with E-state index in [0.717, 1.165) is 40.7 Å². The summed E-state index contributed by atoms with van der Waals surface area (Å²) in [7, 11) is 0. The molecule has 3 rings (SSSR count). The van der Waals surface area contributed by atoms with Crippen LogP contribution in [0.15, 0.2) is 72.8 Å². The number of halogens is 1. The Kier molecular flexibility index (Phi) is 9.92. The fraction of sp³-hybridized carbons (Fsp3) is 0.333. The Morgan fingerprint density at radius 1 is 0.886 bits per heavy atom. The van der Waals surface area contributed by atoms with E-state index in [-0.39, 0.29) is 18.2 Å². The van der Waals surface area contributed by atoms with Gasteiger partial charge in [0.15, 0.2) is 0 Å². The maximum atomic E-state index is 13.8. The minimum Gasteiger partial charge on any atom is -0.354 e. The first-order valence-electron chi connectivity index (χ1n) is 12.3. The smallest absolute Gasteiger partial charge is 0.243 e. The average Bonchev–Trinajstić information content (AvgIpc) is 2.82. The molecule has 0 aliphatic rings. The van der Waals surface area contributed by atoms with Crippen molar-refractivity contribution in [3.8, 4) is 0 Å². The highest BCUT2D eigenvalue weighted by Crippen LogP contribution is 2.19. The van der Waals surface area contributed by atoms with Crippen molar-refractivity contribution in [1.29, 1.82) is 0 Å². The number of nitrogens with one attached hydrogen (secondary N) is 1. The van der Waals surface area contributed by atoms with E-state index in [0.29, 0.717) is 24.5 Å². The third kappa shape index (κ3) is 8.25. The lowest BCUT2D eigenvalue weighted by atomic mass is 10.00. The molecular weight excluding hydrogens is 456 g/mol. The number of hydrogen-bond acceptors (Lipinski definition) is 2. The van der Waals surface area contributed by atoms with Crippen molar-refractivity contribution in [3.63, 3.8) is 0 Å². The van der Waals surface area contributed by atoms with Crippen molar-refractivity contribution < 1.29 is 9.59 Å². The summed E-state index contributed by atoms with van der Waals surface area (Å²) in [5, 5.41) is 3.70. The second kappa shape index (κ2) is 13.1. The number of amides is 2. The summed E-state index contributed by atoms with van der Waals surface area (Å²) in [6.45, 7) is 7.09. The van der Waals surface area contributed by atoms with Gasteiger partial charge in [-0.3, -0.25) is 9.59 Å². The van der Waals surface area contributed by atoms with E-state index >= 15 is 0 Å². The molecule has 35 heavy (non-hydrogen) atoms. The van der Waals surface area contributed by atoms with Crippen LogP contribution in [0.25, 0.3) is 0 Å². The lowest BCUT2D eigenvalue weighted by Gasteiger charge is -2.32. The zero-order valence-electron chi connectivity index (χ0n) is 20.9. The fourth-order valence-electron chi connectivity index (χ4n) is 4.29. The van der Waals surface area contributed by atoms with Crippen LogP contribution in [0.1, 0.15) is 47.6 Å². The van der Waals surface area contributed by atoms with Crippen molar-refractivity contribution in [2.75, 3.05) is 6.54 Å². The van der Waals surface area contributed by atoms with Gasteiger partial charge in [-0.1, -0.05) is 96.7 Å². The zero-order valence-corrected chi connectivity index (χ0v) is 21.6. The molecule has 2 amide bonds. The molecule has 184 valence electrons. The molecule has 5 heteroatoms. The summed E-state index contributed by atoms with van der Waals surface area (Å²) in [4.78, 5) is 29.0. The molecule has 0 fully saturated rings. The summed E-state index contributed by atoms with van der Waals surface area (Å²) >= 11 is 6.09. The molecule has 3 aromatic rings. The summed E-state index contributed by atoms with van der Waals surface area (Å²) in [5.41, 5.74) is 5.15. The second-order valence-electron chi connectivity index (χ2n) is 9.17. The molecule has 1 N–H and O–H groups in total. The Morgan fingerprint density at radius 3 is 2.17 bits per heavy atom. The van der Waals surface area contributed by atoms with Gasteiger partial charge < -0.3 is 10.2 Å². The SMILES string of the molecule is CCCCNC(=O)C(Cc1ccccc1)N(Cc1ccc(Cl)cc1)C(=O)Cc1cc(C)cc(C)c1. The molecular formula is C30H35ClN2O2. The van der Waals surface area contributed by atoms with Crippen LogP contribution in [-0.4, -0.2) is 29.3 Å². The Bertz CT molecular complexity index is 1090. The topological polar surface area (TPSA) is 49.4 Å². The Balaban J connectivity index is 1.95. The molecule has 0 aromatic heterocycles. The van der Waals surface area contributed by atoms with Gasteiger partial charge in [0.05, 0.1) is 6.42 Å². The molecule has 0 aliphatic carbocycles. The maximum Gasteiger partial charge on any atom is 0.243 e. The summed E-state index contributed by atoms with van der Waals surface area (Å²) in [5.74, 6) is -0.193. The summed E-state index contributed by atoms with van der Waals surface area (Å²) in [6, 6.07) is 22.9. The fourth-order valence-corrected chi connectivity index (χ4v) is 4.42. The summed E-state index contributed by atoms with van der Waals surface area (Å²) in [6.07, 6.45) is 2.58. The first kappa shape index (κ1) is 26.5. The Morgan fingerprint density at radius 2 is 1.54 bits per heavy atom. The molecule has 3 aromatic carbocycles. The van der Waals surface area contributed by atoms with Gasteiger partial charge in [-0.25, -0.2) is 0 Å². The number of unbranched alkanes of at least 4 members (excludes halogenated alkanes) is 1. The summed E-state index contributed by atoms with van der Waals surface area (Å²) < 4.78 is 0. The van der Waals surface area contributed by atoms with Crippen LogP contribution in [-0.2, 0) is 29.0 Å². The van der Waals surface area contributed by atoms with Crippen LogP contribution in [0.3, 0.4) is 0 Å². The lowest BCUT2D eigenvalue weighted by molar-refractivity contribution is -0.140. The maximum absolute atomic E-state index is 13.8. The molecule has 0 saturated carbocycles. The number of aryl methyl sites for hydroxylation is 2. The molecule has 0 bridgehead atoms. The van der Waals surface area contributed by atoms with Crippen LogP contribution in [0.5, 0.6) is 0 Å². The predicted molar refractivity (Wildman–Crippen MR) is 143 cm³/mol. The van der Waals surface area contributed by atoms with E-state index in [9.17, 15) is 9.59 Å². The van der Waals surface area contributed by atoms with E-state index < -0.39 is 6.04 Å². The zero-order chi connectivity index (χ0) is 25.2. The van der Waals surface area contributed by atoms with Gasteiger partial charge in [-0.15, -0.1) is 0 Å². The molecule has 1 atom stereocenters. The van der Waals surface area contributed by atoms with E-state index in [1.54, 1.807) is 4.90 Å². The van der Waals surface area contributed by atoms with Crippen molar-refractivity contribution in [1.82, 2.24) is 10.2 Å².